The summed E-state index contributed by atoms with van der Waals surface area (Å²) in [5.41, 5.74) is 0. The van der Waals surface area contributed by atoms with E-state index in [-0.39, 0.29) is 12.4 Å². The quantitative estimate of drug-likeness (QED) is 0.634. The van der Waals surface area contributed by atoms with Gasteiger partial charge in [0.05, 0.1) is 18.8 Å². The molecule has 5 heteroatoms. The van der Waals surface area contributed by atoms with Crippen LogP contribution in [0.15, 0.2) is 0 Å². The number of fused-ring (bicyclic) bond motifs is 1. The Labute approximate surface area is 104 Å². The van der Waals surface area contributed by atoms with Crippen LogP contribution in [0.1, 0.15) is 40.5 Å². The predicted octanol–water partition coefficient (Wildman–Crippen LogP) is 1.27. The van der Waals surface area contributed by atoms with Gasteiger partial charge in [-0.3, -0.25) is 0 Å². The van der Waals surface area contributed by atoms with E-state index < -0.39 is 6.29 Å². The molecule has 1 unspecified atom stereocenters. The predicted molar refractivity (Wildman–Crippen MR) is 64.5 cm³/mol. The third-order valence-corrected chi connectivity index (χ3v) is 2.27. The van der Waals surface area contributed by atoms with Crippen LogP contribution in [0.2, 0.25) is 0 Å². The highest BCUT2D eigenvalue weighted by Crippen LogP contribution is 2.24. The Hall–Kier alpha value is -0.200. The van der Waals surface area contributed by atoms with Crippen LogP contribution in [0, 0.1) is 0 Å². The largest absolute Gasteiger partial charge is 0.375 e. The van der Waals surface area contributed by atoms with Crippen molar-refractivity contribution in [3.8, 4) is 0 Å². The second-order valence-electron chi connectivity index (χ2n) is 3.73. The Morgan fingerprint density at radius 2 is 1.47 bits per heavy atom. The molecule has 2 rings (SSSR count). The highest BCUT2D eigenvalue weighted by atomic mass is 16.7. The number of hydrogen-bond acceptors (Lipinski definition) is 5. The molecule has 2 heterocycles. The first kappa shape index (κ1) is 16.8. The minimum atomic E-state index is -1.17. The highest BCUT2D eigenvalue weighted by Gasteiger charge is 2.32. The van der Waals surface area contributed by atoms with Gasteiger partial charge in [0.15, 0.2) is 6.29 Å². The third kappa shape index (κ3) is 7.68. The Morgan fingerprint density at radius 1 is 1.00 bits per heavy atom. The smallest absolute Gasteiger partial charge is 0.155 e. The van der Waals surface area contributed by atoms with Gasteiger partial charge in [0.2, 0.25) is 0 Å². The summed E-state index contributed by atoms with van der Waals surface area (Å²) in [4.78, 5) is 0. The maximum atomic E-state index is 7.61. The molecule has 0 aliphatic carbocycles. The van der Waals surface area contributed by atoms with Crippen LogP contribution in [-0.2, 0) is 14.2 Å². The SMILES string of the molecule is CC.CC(O)O.CC1OCC[C@H]2OCC[C@H]2O1. The lowest BCUT2D eigenvalue weighted by molar-refractivity contribution is -0.143. The summed E-state index contributed by atoms with van der Waals surface area (Å²) < 4.78 is 16.4. The standard InChI is InChI=1S/C8H14O3.C2H6O2.C2H6/c1-6-9-4-2-7-8(11-6)3-5-10-7;1-2(3)4;1-2/h6-8H,2-5H2,1H3;2-4H,1H3;1-2H3/t6?,7-,8-;;/m1../s1. The Bertz CT molecular complexity index is 172. The van der Waals surface area contributed by atoms with Gasteiger partial charge >= 0.3 is 0 Å². The molecule has 2 N–H and O–H groups in total. The zero-order valence-electron chi connectivity index (χ0n) is 11.3. The molecule has 2 saturated heterocycles. The Morgan fingerprint density at radius 3 is 2.06 bits per heavy atom. The van der Waals surface area contributed by atoms with Crippen molar-refractivity contribution < 1.29 is 24.4 Å². The average Bonchev–Trinajstić information content (AvgIpc) is 2.61. The Kier molecular flexibility index (Phi) is 9.68. The van der Waals surface area contributed by atoms with Crippen molar-refractivity contribution in [1.29, 1.82) is 0 Å². The molecule has 0 aromatic heterocycles. The van der Waals surface area contributed by atoms with Gasteiger partial charge in [0.1, 0.15) is 6.29 Å². The summed E-state index contributed by atoms with van der Waals surface area (Å²) in [6.45, 7) is 8.84. The van der Waals surface area contributed by atoms with Crippen molar-refractivity contribution in [1.82, 2.24) is 0 Å². The number of ether oxygens (including phenoxy) is 3. The van der Waals surface area contributed by atoms with Gasteiger partial charge in [-0.05, 0) is 26.7 Å². The minimum Gasteiger partial charge on any atom is -0.375 e. The number of hydrogen-bond donors (Lipinski definition) is 2. The van der Waals surface area contributed by atoms with Crippen molar-refractivity contribution >= 4 is 0 Å². The molecule has 0 amide bonds. The van der Waals surface area contributed by atoms with E-state index in [4.69, 9.17) is 24.4 Å². The minimum absolute atomic E-state index is 0.0494. The molecule has 0 radical (unpaired) electrons. The van der Waals surface area contributed by atoms with E-state index in [0.29, 0.717) is 6.10 Å². The second-order valence-corrected chi connectivity index (χ2v) is 3.73. The maximum absolute atomic E-state index is 7.61. The number of aliphatic hydroxyl groups excluding tert-OH is 1. The molecule has 0 aromatic rings. The van der Waals surface area contributed by atoms with Gasteiger partial charge in [-0.15, -0.1) is 0 Å². The monoisotopic (exact) mass is 250 g/mol. The fourth-order valence-electron chi connectivity index (χ4n) is 1.69. The first-order valence-corrected chi connectivity index (χ1v) is 6.34. The summed E-state index contributed by atoms with van der Waals surface area (Å²) in [5, 5.41) is 15.2. The summed E-state index contributed by atoms with van der Waals surface area (Å²) in [5.74, 6) is 0. The molecule has 104 valence electrons. The molecule has 17 heavy (non-hydrogen) atoms. The van der Waals surface area contributed by atoms with Gasteiger partial charge in [-0.2, -0.15) is 0 Å². The van der Waals surface area contributed by atoms with Crippen molar-refractivity contribution in [2.45, 2.75) is 65.3 Å². The first-order valence-electron chi connectivity index (χ1n) is 6.34. The topological polar surface area (TPSA) is 68.2 Å². The molecule has 0 spiro atoms. The zero-order chi connectivity index (χ0) is 13.3. The molecule has 2 fully saturated rings. The zero-order valence-corrected chi connectivity index (χ0v) is 11.3. The van der Waals surface area contributed by atoms with Gasteiger partial charge in [-0.25, -0.2) is 0 Å². The molecule has 2 aliphatic heterocycles. The molecule has 0 aromatic carbocycles. The van der Waals surface area contributed by atoms with E-state index in [9.17, 15) is 0 Å². The first-order chi connectivity index (χ1) is 8.09. The van der Waals surface area contributed by atoms with Gasteiger partial charge in [-0.1, -0.05) is 13.8 Å². The van der Waals surface area contributed by atoms with Crippen LogP contribution in [-0.4, -0.2) is 48.2 Å². The summed E-state index contributed by atoms with van der Waals surface area (Å²) in [7, 11) is 0. The normalized spacial score (nSPS) is 31.6. The van der Waals surface area contributed by atoms with E-state index in [1.807, 2.05) is 20.8 Å². The fraction of sp³-hybridized carbons (Fsp3) is 1.00. The lowest BCUT2D eigenvalue weighted by Crippen LogP contribution is -2.25. The molecular formula is C12H26O5. The van der Waals surface area contributed by atoms with Crippen LogP contribution in [0.25, 0.3) is 0 Å². The number of rotatable bonds is 0. The van der Waals surface area contributed by atoms with E-state index >= 15 is 0 Å². The van der Waals surface area contributed by atoms with Crippen molar-refractivity contribution in [3.63, 3.8) is 0 Å². The molecule has 0 saturated carbocycles. The lowest BCUT2D eigenvalue weighted by Gasteiger charge is -2.16. The van der Waals surface area contributed by atoms with E-state index in [2.05, 4.69) is 0 Å². The van der Waals surface area contributed by atoms with Crippen molar-refractivity contribution in [2.24, 2.45) is 0 Å². The van der Waals surface area contributed by atoms with Crippen LogP contribution in [0.5, 0.6) is 0 Å². The summed E-state index contributed by atoms with van der Waals surface area (Å²) in [6, 6.07) is 0. The average molecular weight is 250 g/mol. The van der Waals surface area contributed by atoms with E-state index in [0.717, 1.165) is 26.1 Å². The molecule has 5 nitrogen and oxygen atoms in total. The van der Waals surface area contributed by atoms with Crippen LogP contribution >= 0.6 is 0 Å². The third-order valence-electron chi connectivity index (χ3n) is 2.27. The summed E-state index contributed by atoms with van der Waals surface area (Å²) in [6.07, 6.45) is 1.37. The Balaban J connectivity index is 0.000000368. The molecular weight excluding hydrogens is 224 g/mol. The van der Waals surface area contributed by atoms with Crippen LogP contribution in [0.4, 0.5) is 0 Å². The van der Waals surface area contributed by atoms with Crippen LogP contribution < -0.4 is 0 Å². The van der Waals surface area contributed by atoms with Crippen molar-refractivity contribution in [3.05, 3.63) is 0 Å². The summed E-state index contributed by atoms with van der Waals surface area (Å²) >= 11 is 0. The molecule has 0 bridgehead atoms. The van der Waals surface area contributed by atoms with E-state index in [1.165, 1.54) is 6.92 Å². The number of aliphatic hydroxyl groups is 2. The fourth-order valence-corrected chi connectivity index (χ4v) is 1.69. The maximum Gasteiger partial charge on any atom is 0.155 e. The van der Waals surface area contributed by atoms with E-state index in [1.54, 1.807) is 0 Å². The lowest BCUT2D eigenvalue weighted by atomic mass is 10.1. The van der Waals surface area contributed by atoms with Crippen LogP contribution in [0.3, 0.4) is 0 Å². The van der Waals surface area contributed by atoms with Gasteiger partial charge in [0.25, 0.3) is 0 Å². The van der Waals surface area contributed by atoms with Gasteiger partial charge < -0.3 is 24.4 Å². The highest BCUT2D eigenvalue weighted by molar-refractivity contribution is 4.78. The molecule has 2 aliphatic rings. The van der Waals surface area contributed by atoms with Crippen molar-refractivity contribution in [2.75, 3.05) is 13.2 Å². The molecule has 3 atom stereocenters. The second kappa shape index (κ2) is 9.79. The van der Waals surface area contributed by atoms with Gasteiger partial charge in [0, 0.05) is 6.61 Å².